The number of carbonyl (C=O) groups excluding carboxylic acids is 1. The molecular weight excluding hydrogens is 340 g/mol. The number of halogens is 1. The molecule has 25 heavy (non-hydrogen) atoms. The Balaban J connectivity index is 2.19. The lowest BCUT2D eigenvalue weighted by Crippen LogP contribution is -2.17. The van der Waals surface area contributed by atoms with Gasteiger partial charge in [-0.05, 0) is 24.4 Å². The van der Waals surface area contributed by atoms with Gasteiger partial charge >= 0.3 is 11.6 Å². The molecule has 5 heteroatoms. The summed E-state index contributed by atoms with van der Waals surface area (Å²) >= 11 is 5.84. The van der Waals surface area contributed by atoms with Crippen molar-refractivity contribution in [1.29, 1.82) is 0 Å². The minimum Gasteiger partial charge on any atom is -0.425 e. The summed E-state index contributed by atoms with van der Waals surface area (Å²) in [6.45, 7) is 1.55. The van der Waals surface area contributed by atoms with E-state index in [9.17, 15) is 9.59 Å². The Morgan fingerprint density at radius 1 is 1.04 bits per heavy atom. The van der Waals surface area contributed by atoms with Crippen LogP contribution in [0.25, 0.3) is 32.5 Å². The van der Waals surface area contributed by atoms with Crippen molar-refractivity contribution >= 4 is 50.1 Å². The Kier molecular flexibility index (Phi) is 3.70. The summed E-state index contributed by atoms with van der Waals surface area (Å²) in [6.07, 6.45) is 0. The van der Waals surface area contributed by atoms with E-state index in [0.717, 1.165) is 10.8 Å². The van der Waals surface area contributed by atoms with Gasteiger partial charge in [-0.1, -0.05) is 42.5 Å². The molecule has 4 rings (SSSR count). The van der Waals surface area contributed by atoms with Gasteiger partial charge in [-0.15, -0.1) is 11.6 Å². The van der Waals surface area contributed by atoms with Gasteiger partial charge in [0, 0.05) is 10.8 Å². The second-order valence-electron chi connectivity index (χ2n) is 5.77. The fourth-order valence-corrected chi connectivity index (χ4v) is 2.99. The average molecular weight is 353 g/mol. The molecular formula is C20H13ClO4. The highest BCUT2D eigenvalue weighted by molar-refractivity contribution is 6.30. The van der Waals surface area contributed by atoms with Gasteiger partial charge in [-0.2, -0.15) is 0 Å². The normalized spacial score (nSPS) is 12.6. The summed E-state index contributed by atoms with van der Waals surface area (Å²) in [6, 6.07) is 16.3. The first-order valence-electron chi connectivity index (χ1n) is 7.79. The number of hydrogen-bond donors (Lipinski definition) is 0. The molecule has 1 aromatic heterocycles. The SMILES string of the molecule is C[C@H](Cl)C(=O)Oc1cc2ccccc2c2oc(=O)c3ccccc3c12. The molecule has 4 nitrogen and oxygen atoms in total. The van der Waals surface area contributed by atoms with Crippen molar-refractivity contribution in [3.63, 3.8) is 0 Å². The lowest BCUT2D eigenvalue weighted by atomic mass is 10.0. The Morgan fingerprint density at radius 2 is 1.68 bits per heavy atom. The zero-order chi connectivity index (χ0) is 17.6. The smallest absolute Gasteiger partial charge is 0.344 e. The fraction of sp³-hybridized carbons (Fsp3) is 0.100. The maximum absolute atomic E-state index is 12.4. The minimum atomic E-state index is -0.788. The molecule has 0 unspecified atom stereocenters. The number of esters is 1. The molecule has 1 atom stereocenters. The van der Waals surface area contributed by atoms with Crippen LogP contribution < -0.4 is 10.4 Å². The van der Waals surface area contributed by atoms with Gasteiger partial charge in [0.25, 0.3) is 0 Å². The number of benzene rings is 3. The Hall–Kier alpha value is -2.85. The van der Waals surface area contributed by atoms with Crippen molar-refractivity contribution in [1.82, 2.24) is 0 Å². The van der Waals surface area contributed by atoms with E-state index in [0.29, 0.717) is 27.5 Å². The minimum absolute atomic E-state index is 0.325. The number of carbonyl (C=O) groups is 1. The topological polar surface area (TPSA) is 56.5 Å². The van der Waals surface area contributed by atoms with Crippen LogP contribution in [-0.4, -0.2) is 11.3 Å². The van der Waals surface area contributed by atoms with Gasteiger partial charge in [0.2, 0.25) is 0 Å². The van der Waals surface area contributed by atoms with E-state index in [1.807, 2.05) is 36.4 Å². The highest BCUT2D eigenvalue weighted by Gasteiger charge is 2.19. The van der Waals surface area contributed by atoms with Crippen LogP contribution in [0.3, 0.4) is 0 Å². The molecule has 0 bridgehead atoms. The van der Waals surface area contributed by atoms with E-state index in [1.54, 1.807) is 25.1 Å². The van der Waals surface area contributed by atoms with Crippen molar-refractivity contribution in [3.8, 4) is 5.75 Å². The van der Waals surface area contributed by atoms with E-state index < -0.39 is 17.0 Å². The molecule has 4 aromatic rings. The quantitative estimate of drug-likeness (QED) is 0.173. The summed E-state index contributed by atoms with van der Waals surface area (Å²) < 4.78 is 11.1. The molecule has 1 heterocycles. The molecule has 0 aliphatic carbocycles. The summed E-state index contributed by atoms with van der Waals surface area (Å²) in [5.74, 6) is -0.236. The maximum atomic E-state index is 12.4. The van der Waals surface area contributed by atoms with Gasteiger partial charge in [-0.25, -0.2) is 4.79 Å². The molecule has 0 N–H and O–H groups in total. The third-order valence-electron chi connectivity index (χ3n) is 4.11. The van der Waals surface area contributed by atoms with E-state index in [4.69, 9.17) is 20.8 Å². The number of alkyl halides is 1. The van der Waals surface area contributed by atoms with Crippen molar-refractivity contribution < 1.29 is 13.9 Å². The molecule has 0 saturated heterocycles. The summed E-state index contributed by atoms with van der Waals surface area (Å²) in [5, 5.41) is 2.48. The molecule has 0 aliphatic rings. The predicted molar refractivity (Wildman–Crippen MR) is 98.4 cm³/mol. The van der Waals surface area contributed by atoms with Crippen LogP contribution in [0, 0.1) is 0 Å². The van der Waals surface area contributed by atoms with E-state index in [1.165, 1.54) is 0 Å². The number of fused-ring (bicyclic) bond motifs is 5. The van der Waals surface area contributed by atoms with Gasteiger partial charge in [-0.3, -0.25) is 4.79 Å². The standard InChI is InChI=1S/C20H13ClO4/c1-11(21)19(22)24-16-10-12-6-2-3-7-13(12)18-17(16)14-8-4-5-9-15(14)20(23)25-18/h2-11H,1H3/t11-/m0/s1. The molecule has 0 aliphatic heterocycles. The molecule has 0 radical (unpaired) electrons. The third kappa shape index (κ3) is 2.55. The number of ether oxygens (including phenoxy) is 1. The fourth-order valence-electron chi connectivity index (χ4n) is 2.95. The first-order valence-corrected chi connectivity index (χ1v) is 8.23. The summed E-state index contributed by atoms with van der Waals surface area (Å²) in [4.78, 5) is 24.4. The highest BCUT2D eigenvalue weighted by atomic mass is 35.5. The van der Waals surface area contributed by atoms with Crippen molar-refractivity contribution in [2.75, 3.05) is 0 Å². The second-order valence-corrected chi connectivity index (χ2v) is 6.43. The lowest BCUT2D eigenvalue weighted by Gasteiger charge is -2.12. The molecule has 0 saturated carbocycles. The molecule has 124 valence electrons. The predicted octanol–water partition coefficient (Wildman–Crippen LogP) is 4.63. The van der Waals surface area contributed by atoms with Crippen LogP contribution in [0.1, 0.15) is 6.92 Å². The largest absolute Gasteiger partial charge is 0.425 e. The van der Waals surface area contributed by atoms with Crippen LogP contribution in [0.4, 0.5) is 0 Å². The van der Waals surface area contributed by atoms with Crippen LogP contribution in [0.2, 0.25) is 0 Å². The Bertz CT molecular complexity index is 1190. The first kappa shape index (κ1) is 15.7. The summed E-state index contributed by atoms with van der Waals surface area (Å²) in [7, 11) is 0. The van der Waals surface area contributed by atoms with Crippen LogP contribution in [0.15, 0.2) is 63.8 Å². The van der Waals surface area contributed by atoms with Gasteiger partial charge in [0.15, 0.2) is 5.58 Å². The van der Waals surface area contributed by atoms with Crippen LogP contribution in [0.5, 0.6) is 5.75 Å². The summed E-state index contributed by atoms with van der Waals surface area (Å²) in [5.41, 5.74) is -0.0331. The molecule has 0 spiro atoms. The van der Waals surface area contributed by atoms with Crippen LogP contribution >= 0.6 is 11.6 Å². The Morgan fingerprint density at radius 3 is 2.40 bits per heavy atom. The molecule has 0 amide bonds. The molecule has 3 aromatic carbocycles. The van der Waals surface area contributed by atoms with Crippen molar-refractivity contribution in [3.05, 3.63) is 65.0 Å². The highest BCUT2D eigenvalue weighted by Crippen LogP contribution is 2.37. The van der Waals surface area contributed by atoms with Gasteiger partial charge < -0.3 is 9.15 Å². The average Bonchev–Trinajstić information content (AvgIpc) is 2.61. The second kappa shape index (κ2) is 5.90. The van der Waals surface area contributed by atoms with Crippen molar-refractivity contribution in [2.24, 2.45) is 0 Å². The van der Waals surface area contributed by atoms with E-state index in [2.05, 4.69) is 0 Å². The van der Waals surface area contributed by atoms with Gasteiger partial charge in [0.05, 0.1) is 10.8 Å². The number of rotatable bonds is 2. The zero-order valence-corrected chi connectivity index (χ0v) is 14.0. The number of hydrogen-bond acceptors (Lipinski definition) is 4. The Labute approximate surface area is 147 Å². The van der Waals surface area contributed by atoms with Gasteiger partial charge in [0.1, 0.15) is 11.1 Å². The molecule has 0 fully saturated rings. The van der Waals surface area contributed by atoms with Crippen molar-refractivity contribution in [2.45, 2.75) is 12.3 Å². The van der Waals surface area contributed by atoms with Crippen LogP contribution in [-0.2, 0) is 4.79 Å². The maximum Gasteiger partial charge on any atom is 0.344 e. The van der Waals surface area contributed by atoms with E-state index >= 15 is 0 Å². The zero-order valence-electron chi connectivity index (χ0n) is 13.3. The van der Waals surface area contributed by atoms with E-state index in [-0.39, 0.29) is 0 Å². The first-order chi connectivity index (χ1) is 12.1. The lowest BCUT2D eigenvalue weighted by molar-refractivity contribution is -0.133. The third-order valence-corrected chi connectivity index (χ3v) is 4.29. The monoisotopic (exact) mass is 352 g/mol.